The molecule has 0 radical (unpaired) electrons. The van der Waals surface area contributed by atoms with Gasteiger partial charge in [0.15, 0.2) is 0 Å². The van der Waals surface area contributed by atoms with Gasteiger partial charge in [0.1, 0.15) is 0 Å². The number of anilines is 1. The lowest BCUT2D eigenvalue weighted by Crippen LogP contribution is -2.42. The van der Waals surface area contributed by atoms with Gasteiger partial charge in [-0.3, -0.25) is 9.59 Å². The molecule has 0 bridgehead atoms. The van der Waals surface area contributed by atoms with Crippen LogP contribution in [0.5, 0.6) is 0 Å². The zero-order valence-corrected chi connectivity index (χ0v) is 14.2. The van der Waals surface area contributed by atoms with Crippen LogP contribution in [0.3, 0.4) is 0 Å². The van der Waals surface area contributed by atoms with Crippen molar-refractivity contribution >= 4 is 17.5 Å². The number of likely N-dealkylation sites (tertiary alicyclic amines) is 1. The van der Waals surface area contributed by atoms with Crippen molar-refractivity contribution in [3.05, 3.63) is 29.3 Å². The van der Waals surface area contributed by atoms with E-state index in [1.807, 2.05) is 45.9 Å². The first-order valence-electron chi connectivity index (χ1n) is 7.94. The number of carbonyl (C=O) groups is 2. The molecule has 1 aliphatic heterocycles. The van der Waals surface area contributed by atoms with Crippen molar-refractivity contribution in [2.75, 3.05) is 11.9 Å². The van der Waals surface area contributed by atoms with E-state index < -0.39 is 0 Å². The van der Waals surface area contributed by atoms with E-state index in [1.165, 1.54) is 0 Å². The zero-order valence-electron chi connectivity index (χ0n) is 14.2. The Kier molecular flexibility index (Phi) is 4.59. The third kappa shape index (κ3) is 3.32. The lowest BCUT2D eigenvalue weighted by molar-refractivity contribution is -0.131. The maximum Gasteiger partial charge on any atom is 0.229 e. The first-order chi connectivity index (χ1) is 10.2. The predicted molar refractivity (Wildman–Crippen MR) is 88.8 cm³/mol. The van der Waals surface area contributed by atoms with E-state index in [0.717, 1.165) is 23.2 Å². The molecule has 1 aromatic rings. The highest BCUT2D eigenvalue weighted by molar-refractivity contribution is 5.98. The highest BCUT2D eigenvalue weighted by Crippen LogP contribution is 2.28. The second kappa shape index (κ2) is 6.11. The number of benzene rings is 1. The molecular weight excluding hydrogens is 276 g/mol. The normalized spacial score (nSPS) is 18.7. The van der Waals surface area contributed by atoms with Gasteiger partial charge >= 0.3 is 0 Å². The Balaban J connectivity index is 2.13. The summed E-state index contributed by atoms with van der Waals surface area (Å²) in [6.07, 6.45) is 1.17. The first kappa shape index (κ1) is 16.5. The van der Waals surface area contributed by atoms with E-state index in [0.29, 0.717) is 13.0 Å². The molecule has 1 N–H and O–H groups in total. The number of rotatable bonds is 3. The van der Waals surface area contributed by atoms with E-state index in [-0.39, 0.29) is 23.3 Å². The molecule has 0 saturated carbocycles. The van der Waals surface area contributed by atoms with E-state index in [9.17, 15) is 9.59 Å². The Bertz CT molecular complexity index is 587. The van der Waals surface area contributed by atoms with Gasteiger partial charge in [-0.1, -0.05) is 25.1 Å². The molecule has 1 fully saturated rings. The van der Waals surface area contributed by atoms with E-state index >= 15 is 0 Å². The molecule has 1 aliphatic rings. The van der Waals surface area contributed by atoms with E-state index in [2.05, 4.69) is 12.2 Å². The summed E-state index contributed by atoms with van der Waals surface area (Å²) >= 11 is 0. The molecule has 0 spiro atoms. The van der Waals surface area contributed by atoms with Crippen LogP contribution < -0.4 is 5.32 Å². The summed E-state index contributed by atoms with van der Waals surface area (Å²) in [7, 11) is 0. The molecule has 4 nitrogen and oxygen atoms in total. The van der Waals surface area contributed by atoms with Crippen LogP contribution in [0.25, 0.3) is 0 Å². The minimum atomic E-state index is -0.268. The Labute approximate surface area is 132 Å². The maximum atomic E-state index is 12.6. The number of para-hydroxylation sites is 1. The summed E-state index contributed by atoms with van der Waals surface area (Å²) in [6, 6.07) is 6.03. The third-order valence-corrected chi connectivity index (χ3v) is 4.29. The standard InChI is InChI=1S/C18H26N2O2/c1-6-13-9-7-8-12(2)16(13)19-17(22)14-10-15(21)20(11-14)18(3,4)5/h7-9,14H,6,10-11H2,1-5H3,(H,19,22)/t14-/m1/s1. The quantitative estimate of drug-likeness (QED) is 0.932. The number of hydrogen-bond acceptors (Lipinski definition) is 2. The van der Waals surface area contributed by atoms with Gasteiger partial charge in [0.2, 0.25) is 11.8 Å². The smallest absolute Gasteiger partial charge is 0.229 e. The third-order valence-electron chi connectivity index (χ3n) is 4.29. The number of hydrogen-bond donors (Lipinski definition) is 1. The zero-order chi connectivity index (χ0) is 16.5. The van der Waals surface area contributed by atoms with Gasteiger partial charge in [0.05, 0.1) is 5.92 Å². The monoisotopic (exact) mass is 302 g/mol. The lowest BCUT2D eigenvalue weighted by Gasteiger charge is -2.32. The largest absolute Gasteiger partial charge is 0.337 e. The van der Waals surface area contributed by atoms with E-state index in [4.69, 9.17) is 0 Å². The molecule has 0 aromatic heterocycles. The Morgan fingerprint density at radius 3 is 2.59 bits per heavy atom. The fraction of sp³-hybridized carbons (Fsp3) is 0.556. The van der Waals surface area contributed by atoms with Crippen LogP contribution in [-0.2, 0) is 16.0 Å². The van der Waals surface area contributed by atoms with Gasteiger partial charge in [0.25, 0.3) is 0 Å². The summed E-state index contributed by atoms with van der Waals surface area (Å²) in [6.45, 7) is 10.6. The van der Waals surface area contributed by atoms with Crippen molar-refractivity contribution in [3.8, 4) is 0 Å². The highest BCUT2D eigenvalue weighted by Gasteiger charge is 2.39. The summed E-state index contributed by atoms with van der Waals surface area (Å²) in [5.74, 6) is -0.256. The second-order valence-corrected chi connectivity index (χ2v) is 7.03. The lowest BCUT2D eigenvalue weighted by atomic mass is 10.0. The van der Waals surface area contributed by atoms with Crippen molar-refractivity contribution in [2.45, 2.75) is 53.0 Å². The van der Waals surface area contributed by atoms with Crippen molar-refractivity contribution in [1.29, 1.82) is 0 Å². The summed E-state index contributed by atoms with van der Waals surface area (Å²) in [4.78, 5) is 26.5. The topological polar surface area (TPSA) is 49.4 Å². The summed E-state index contributed by atoms with van der Waals surface area (Å²) in [5, 5.41) is 3.05. The van der Waals surface area contributed by atoms with Gasteiger partial charge < -0.3 is 10.2 Å². The van der Waals surface area contributed by atoms with Crippen molar-refractivity contribution in [2.24, 2.45) is 5.92 Å². The molecule has 4 heteroatoms. The molecule has 0 aliphatic carbocycles. The molecule has 120 valence electrons. The average molecular weight is 302 g/mol. The molecule has 22 heavy (non-hydrogen) atoms. The average Bonchev–Trinajstić information content (AvgIpc) is 2.83. The van der Waals surface area contributed by atoms with Crippen molar-refractivity contribution in [3.63, 3.8) is 0 Å². The van der Waals surface area contributed by atoms with Crippen molar-refractivity contribution < 1.29 is 9.59 Å². The molecule has 1 aromatic carbocycles. The van der Waals surface area contributed by atoms with Crippen LogP contribution in [0.2, 0.25) is 0 Å². The van der Waals surface area contributed by atoms with Gasteiger partial charge in [-0.05, 0) is 45.2 Å². The van der Waals surface area contributed by atoms with Crippen LogP contribution in [0, 0.1) is 12.8 Å². The van der Waals surface area contributed by atoms with Crippen LogP contribution in [0.4, 0.5) is 5.69 Å². The van der Waals surface area contributed by atoms with Crippen LogP contribution in [-0.4, -0.2) is 28.8 Å². The fourth-order valence-electron chi connectivity index (χ4n) is 2.96. The maximum absolute atomic E-state index is 12.6. The fourth-order valence-corrected chi connectivity index (χ4v) is 2.96. The molecule has 1 saturated heterocycles. The Morgan fingerprint density at radius 1 is 1.36 bits per heavy atom. The SMILES string of the molecule is CCc1cccc(C)c1NC(=O)[C@@H]1CC(=O)N(C(C)(C)C)C1. The summed E-state index contributed by atoms with van der Waals surface area (Å²) in [5.41, 5.74) is 2.86. The van der Waals surface area contributed by atoms with Gasteiger partial charge in [0, 0.05) is 24.2 Å². The minimum absolute atomic E-state index is 0.0518. The second-order valence-electron chi connectivity index (χ2n) is 7.03. The van der Waals surface area contributed by atoms with Gasteiger partial charge in [-0.15, -0.1) is 0 Å². The molecule has 1 heterocycles. The predicted octanol–water partition coefficient (Wildman–Crippen LogP) is 3.14. The van der Waals surface area contributed by atoms with Crippen LogP contribution >= 0.6 is 0 Å². The molecule has 2 amide bonds. The minimum Gasteiger partial charge on any atom is -0.337 e. The van der Waals surface area contributed by atoms with Gasteiger partial charge in [-0.2, -0.15) is 0 Å². The van der Waals surface area contributed by atoms with Crippen molar-refractivity contribution in [1.82, 2.24) is 4.90 Å². The number of nitrogens with zero attached hydrogens (tertiary/aromatic N) is 1. The number of aryl methyl sites for hydroxylation is 2. The molecule has 2 rings (SSSR count). The Morgan fingerprint density at radius 2 is 2.05 bits per heavy atom. The first-order valence-corrected chi connectivity index (χ1v) is 7.94. The van der Waals surface area contributed by atoms with Crippen LogP contribution in [0.15, 0.2) is 18.2 Å². The highest BCUT2D eigenvalue weighted by atomic mass is 16.2. The molecule has 0 unspecified atom stereocenters. The number of carbonyl (C=O) groups excluding carboxylic acids is 2. The van der Waals surface area contributed by atoms with E-state index in [1.54, 1.807) is 4.90 Å². The van der Waals surface area contributed by atoms with Crippen LogP contribution in [0.1, 0.15) is 45.2 Å². The number of nitrogens with one attached hydrogen (secondary N) is 1. The number of amides is 2. The molecule has 1 atom stereocenters. The van der Waals surface area contributed by atoms with Gasteiger partial charge in [-0.25, -0.2) is 0 Å². The summed E-state index contributed by atoms with van der Waals surface area (Å²) < 4.78 is 0. The Hall–Kier alpha value is -1.84. The molecular formula is C18H26N2O2.